The van der Waals surface area contributed by atoms with Crippen LogP contribution in [0.2, 0.25) is 0 Å². The molecule has 0 amide bonds. The lowest BCUT2D eigenvalue weighted by atomic mass is 10.3. The zero-order valence-electron chi connectivity index (χ0n) is 14.5. The third-order valence-corrected chi connectivity index (χ3v) is 7.31. The fourth-order valence-corrected chi connectivity index (χ4v) is 5.10. The molecule has 0 atom stereocenters. The third-order valence-electron chi connectivity index (χ3n) is 3.92. The van der Waals surface area contributed by atoms with Crippen LogP contribution in [0, 0.1) is 0 Å². The molecule has 0 saturated carbocycles. The zero-order valence-corrected chi connectivity index (χ0v) is 17.7. The van der Waals surface area contributed by atoms with Crippen molar-refractivity contribution in [2.24, 2.45) is 0 Å². The molecule has 1 aromatic carbocycles. The number of rotatable bonds is 7. The molecule has 2 heterocycles. The van der Waals surface area contributed by atoms with E-state index in [2.05, 4.69) is 26.2 Å². The van der Waals surface area contributed by atoms with Gasteiger partial charge in [-0.15, -0.1) is 0 Å². The van der Waals surface area contributed by atoms with Gasteiger partial charge in [0, 0.05) is 35.4 Å². The number of nitrogens with one attached hydrogen (secondary N) is 1. The standard InChI is InChI=1S/C17H18BrN3O4S2/c1-26(22,23)10-9-19-12-13-11-15-16(18)7-8-20-17(15)21(13)27(24,25)14-5-3-2-4-6-14/h2-8,11,19H,9-10,12H2,1H3. The summed E-state index contributed by atoms with van der Waals surface area (Å²) in [7, 11) is -6.96. The van der Waals surface area contributed by atoms with Crippen LogP contribution in [0.3, 0.4) is 0 Å². The highest BCUT2D eigenvalue weighted by atomic mass is 79.9. The molecule has 0 unspecified atom stereocenters. The van der Waals surface area contributed by atoms with Crippen molar-refractivity contribution in [3.05, 3.63) is 58.8 Å². The largest absolute Gasteiger partial charge is 0.310 e. The summed E-state index contributed by atoms with van der Waals surface area (Å²) in [5.41, 5.74) is 0.787. The lowest BCUT2D eigenvalue weighted by Gasteiger charge is -2.12. The first-order valence-corrected chi connectivity index (χ1v) is 12.3. The van der Waals surface area contributed by atoms with Gasteiger partial charge in [0.1, 0.15) is 9.84 Å². The lowest BCUT2D eigenvalue weighted by molar-refractivity contribution is 0.581. The fourth-order valence-electron chi connectivity index (χ4n) is 2.66. The van der Waals surface area contributed by atoms with Crippen LogP contribution in [0.4, 0.5) is 0 Å². The topological polar surface area (TPSA) is 98.1 Å². The van der Waals surface area contributed by atoms with Crippen LogP contribution in [-0.2, 0) is 26.4 Å². The molecule has 3 rings (SSSR count). The van der Waals surface area contributed by atoms with Gasteiger partial charge < -0.3 is 5.32 Å². The average molecular weight is 472 g/mol. The van der Waals surface area contributed by atoms with E-state index in [1.54, 1.807) is 30.3 Å². The van der Waals surface area contributed by atoms with E-state index in [4.69, 9.17) is 0 Å². The van der Waals surface area contributed by atoms with Crippen LogP contribution in [-0.4, -0.2) is 44.3 Å². The number of sulfone groups is 1. The molecule has 0 bridgehead atoms. The molecule has 3 aromatic rings. The van der Waals surface area contributed by atoms with E-state index in [-0.39, 0.29) is 23.7 Å². The molecular formula is C17H18BrN3O4S2. The molecule has 0 saturated heterocycles. The summed E-state index contributed by atoms with van der Waals surface area (Å²) in [5, 5.41) is 3.66. The van der Waals surface area contributed by atoms with Gasteiger partial charge in [0.2, 0.25) is 0 Å². The van der Waals surface area contributed by atoms with Gasteiger partial charge in [0.15, 0.2) is 5.65 Å². The number of fused-ring (bicyclic) bond motifs is 1. The van der Waals surface area contributed by atoms with E-state index in [0.29, 0.717) is 16.7 Å². The molecule has 7 nitrogen and oxygen atoms in total. The highest BCUT2D eigenvalue weighted by Crippen LogP contribution is 2.29. The summed E-state index contributed by atoms with van der Waals surface area (Å²) >= 11 is 3.43. The van der Waals surface area contributed by atoms with Crippen LogP contribution < -0.4 is 5.32 Å². The van der Waals surface area contributed by atoms with Gasteiger partial charge in [0.25, 0.3) is 10.0 Å². The number of halogens is 1. The van der Waals surface area contributed by atoms with Gasteiger partial charge in [0.05, 0.1) is 16.3 Å². The number of pyridine rings is 1. The van der Waals surface area contributed by atoms with Crippen LogP contribution in [0.25, 0.3) is 11.0 Å². The van der Waals surface area contributed by atoms with Crippen molar-refractivity contribution in [1.82, 2.24) is 14.3 Å². The Balaban J connectivity index is 2.06. The van der Waals surface area contributed by atoms with E-state index < -0.39 is 19.9 Å². The van der Waals surface area contributed by atoms with Gasteiger partial charge >= 0.3 is 0 Å². The Morgan fingerprint density at radius 2 is 1.81 bits per heavy atom. The maximum atomic E-state index is 13.2. The van der Waals surface area contributed by atoms with Crippen molar-refractivity contribution in [2.75, 3.05) is 18.6 Å². The SMILES string of the molecule is CS(=O)(=O)CCNCc1cc2c(Br)ccnc2n1S(=O)(=O)c1ccccc1. The molecule has 0 aliphatic carbocycles. The minimum absolute atomic E-state index is 0.0272. The Morgan fingerprint density at radius 3 is 2.48 bits per heavy atom. The average Bonchev–Trinajstić information content (AvgIpc) is 2.99. The molecule has 0 radical (unpaired) electrons. The van der Waals surface area contributed by atoms with Crippen molar-refractivity contribution < 1.29 is 16.8 Å². The lowest BCUT2D eigenvalue weighted by Crippen LogP contribution is -2.25. The van der Waals surface area contributed by atoms with Crippen LogP contribution in [0.5, 0.6) is 0 Å². The summed E-state index contributed by atoms with van der Waals surface area (Å²) in [4.78, 5) is 4.41. The second kappa shape index (κ2) is 7.70. The number of nitrogens with zero attached hydrogens (tertiary/aromatic N) is 2. The maximum absolute atomic E-state index is 13.2. The van der Waals surface area contributed by atoms with Crippen molar-refractivity contribution in [1.29, 1.82) is 0 Å². The number of hydrogen-bond donors (Lipinski definition) is 1. The first kappa shape index (κ1) is 20.0. The smallest absolute Gasteiger partial charge is 0.269 e. The van der Waals surface area contributed by atoms with E-state index >= 15 is 0 Å². The quantitative estimate of drug-likeness (QED) is 0.530. The molecule has 0 fully saturated rings. The number of hydrogen-bond acceptors (Lipinski definition) is 6. The summed E-state index contributed by atoms with van der Waals surface area (Å²) in [6.07, 6.45) is 2.69. The van der Waals surface area contributed by atoms with E-state index in [1.807, 2.05) is 0 Å². The van der Waals surface area contributed by atoms with E-state index in [1.165, 1.54) is 22.3 Å². The van der Waals surface area contributed by atoms with Gasteiger partial charge in [-0.05, 0) is 40.2 Å². The maximum Gasteiger partial charge on any atom is 0.269 e. The Bertz CT molecular complexity index is 1170. The first-order chi connectivity index (χ1) is 12.7. The zero-order chi connectivity index (χ0) is 19.7. The molecule has 0 spiro atoms. The highest BCUT2D eigenvalue weighted by molar-refractivity contribution is 9.10. The van der Waals surface area contributed by atoms with Crippen molar-refractivity contribution in [3.63, 3.8) is 0 Å². The van der Waals surface area contributed by atoms with Crippen molar-refractivity contribution in [3.8, 4) is 0 Å². The molecule has 0 aliphatic rings. The van der Waals surface area contributed by atoms with Gasteiger partial charge in [-0.1, -0.05) is 18.2 Å². The summed E-state index contributed by atoms with van der Waals surface area (Å²) in [5.74, 6) is -0.0272. The molecule has 27 heavy (non-hydrogen) atoms. The van der Waals surface area contributed by atoms with Crippen LogP contribution in [0.15, 0.2) is 58.0 Å². The summed E-state index contributed by atoms with van der Waals surface area (Å²) in [6.45, 7) is 0.407. The Morgan fingerprint density at radius 1 is 1.11 bits per heavy atom. The normalized spacial score (nSPS) is 12.5. The molecular weight excluding hydrogens is 454 g/mol. The van der Waals surface area contributed by atoms with Gasteiger partial charge in [-0.3, -0.25) is 0 Å². The predicted octanol–water partition coefficient (Wildman–Crippen LogP) is 2.17. The Labute approximate surface area is 166 Å². The Hall–Kier alpha value is -1.75. The fraction of sp³-hybridized carbons (Fsp3) is 0.235. The van der Waals surface area contributed by atoms with Gasteiger partial charge in [-0.25, -0.2) is 25.8 Å². The molecule has 144 valence electrons. The minimum atomic E-state index is -3.86. The third kappa shape index (κ3) is 4.40. The predicted molar refractivity (Wildman–Crippen MR) is 108 cm³/mol. The number of benzene rings is 1. The molecule has 10 heteroatoms. The van der Waals surface area contributed by atoms with Gasteiger partial charge in [-0.2, -0.15) is 0 Å². The molecule has 1 N–H and O–H groups in total. The van der Waals surface area contributed by atoms with Crippen LogP contribution >= 0.6 is 15.9 Å². The van der Waals surface area contributed by atoms with Crippen molar-refractivity contribution >= 4 is 46.8 Å². The minimum Gasteiger partial charge on any atom is -0.310 e. The second-order valence-corrected chi connectivity index (χ2v) is 11.0. The van der Waals surface area contributed by atoms with E-state index in [0.717, 1.165) is 10.7 Å². The summed E-state index contributed by atoms with van der Waals surface area (Å²) < 4.78 is 50.9. The number of aromatic nitrogens is 2. The first-order valence-electron chi connectivity index (χ1n) is 8.04. The van der Waals surface area contributed by atoms with Crippen LogP contribution in [0.1, 0.15) is 5.69 Å². The Kier molecular flexibility index (Phi) is 5.71. The second-order valence-electron chi connectivity index (χ2n) is 6.05. The molecule has 2 aromatic heterocycles. The highest BCUT2D eigenvalue weighted by Gasteiger charge is 2.24. The summed E-state index contributed by atoms with van der Waals surface area (Å²) in [6, 6.07) is 11.6. The van der Waals surface area contributed by atoms with E-state index in [9.17, 15) is 16.8 Å². The van der Waals surface area contributed by atoms with Crippen molar-refractivity contribution in [2.45, 2.75) is 11.4 Å². The molecule has 0 aliphatic heterocycles. The monoisotopic (exact) mass is 471 g/mol.